The third-order valence-corrected chi connectivity index (χ3v) is 5.14. The van der Waals surface area contributed by atoms with Gasteiger partial charge in [0.25, 0.3) is 0 Å². The number of nitrogens with one attached hydrogen (secondary N) is 1. The lowest BCUT2D eigenvalue weighted by Gasteiger charge is -2.33. The number of rotatable bonds is 5. The van der Waals surface area contributed by atoms with Crippen molar-refractivity contribution in [2.45, 2.75) is 43.9 Å². The van der Waals surface area contributed by atoms with Crippen LogP contribution >= 0.6 is 0 Å². The number of aliphatic hydroxyl groups excluding tert-OH is 1. The summed E-state index contributed by atoms with van der Waals surface area (Å²) in [6, 6.07) is 6.34. The summed E-state index contributed by atoms with van der Waals surface area (Å²) in [6.45, 7) is 2.50. The second-order valence-electron chi connectivity index (χ2n) is 6.52. The van der Waals surface area contributed by atoms with Gasteiger partial charge in [-0.15, -0.1) is 0 Å². The number of carbonyl (C=O) groups is 1. The zero-order chi connectivity index (χ0) is 16.2. The van der Waals surface area contributed by atoms with Gasteiger partial charge in [0, 0.05) is 44.5 Å². The Bertz CT molecular complexity index is 525. The number of aliphatic hydroxyl groups is 1. The van der Waals surface area contributed by atoms with Crippen molar-refractivity contribution in [1.29, 1.82) is 0 Å². The topological polar surface area (TPSA) is 68.7 Å². The molecule has 0 unspecified atom stereocenters. The van der Waals surface area contributed by atoms with Gasteiger partial charge in [0.2, 0.25) is 5.91 Å². The molecule has 6 nitrogen and oxygen atoms in total. The van der Waals surface area contributed by atoms with Crippen molar-refractivity contribution >= 4 is 5.91 Å². The van der Waals surface area contributed by atoms with Gasteiger partial charge < -0.3 is 10.4 Å². The molecule has 0 radical (unpaired) electrons. The van der Waals surface area contributed by atoms with Crippen LogP contribution < -0.4 is 5.32 Å². The molecule has 2 aliphatic heterocycles. The Labute approximate surface area is 137 Å². The van der Waals surface area contributed by atoms with Gasteiger partial charge in [-0.3, -0.25) is 19.6 Å². The maximum atomic E-state index is 12.6. The van der Waals surface area contributed by atoms with Gasteiger partial charge in [-0.25, -0.2) is 0 Å². The van der Waals surface area contributed by atoms with Crippen LogP contribution in [0.3, 0.4) is 0 Å². The Morgan fingerprint density at radius 3 is 3.04 bits per heavy atom. The van der Waals surface area contributed by atoms with E-state index in [1.54, 1.807) is 6.20 Å². The minimum Gasteiger partial charge on any atom is -0.396 e. The van der Waals surface area contributed by atoms with Gasteiger partial charge in [-0.2, -0.15) is 0 Å². The summed E-state index contributed by atoms with van der Waals surface area (Å²) in [7, 11) is 2.12. The normalized spacial score (nSPS) is 29.1. The molecule has 3 atom stereocenters. The number of hydrogen-bond donors (Lipinski definition) is 2. The highest BCUT2D eigenvalue weighted by molar-refractivity contribution is 5.83. The molecule has 0 spiro atoms. The number of likely N-dealkylation sites (N-methyl/N-ethyl adjacent to an activating group) is 1. The third kappa shape index (κ3) is 3.54. The predicted molar refractivity (Wildman–Crippen MR) is 87.7 cm³/mol. The van der Waals surface area contributed by atoms with Crippen molar-refractivity contribution in [3.63, 3.8) is 0 Å². The van der Waals surface area contributed by atoms with Crippen LogP contribution in [0.25, 0.3) is 0 Å². The molecule has 0 saturated carbocycles. The zero-order valence-corrected chi connectivity index (χ0v) is 13.7. The van der Waals surface area contributed by atoms with Gasteiger partial charge in [0.05, 0.1) is 5.69 Å². The predicted octanol–water partition coefficient (Wildman–Crippen LogP) is 0.227. The number of fused-ring (bicyclic) bond motifs is 1. The van der Waals surface area contributed by atoms with Crippen LogP contribution in [0.5, 0.6) is 0 Å². The van der Waals surface area contributed by atoms with E-state index < -0.39 is 0 Å². The molecular weight excluding hydrogens is 292 g/mol. The van der Waals surface area contributed by atoms with E-state index in [0.29, 0.717) is 19.1 Å². The van der Waals surface area contributed by atoms with Gasteiger partial charge >= 0.3 is 0 Å². The van der Waals surface area contributed by atoms with E-state index in [0.717, 1.165) is 31.5 Å². The number of likely N-dealkylation sites (tertiary alicyclic amines) is 1. The number of aromatic nitrogens is 1. The van der Waals surface area contributed by atoms with Gasteiger partial charge in [0.15, 0.2) is 0 Å². The van der Waals surface area contributed by atoms with Crippen LogP contribution in [0.4, 0.5) is 0 Å². The van der Waals surface area contributed by atoms with E-state index in [1.165, 1.54) is 0 Å². The van der Waals surface area contributed by atoms with E-state index >= 15 is 0 Å². The van der Waals surface area contributed by atoms with Crippen molar-refractivity contribution in [1.82, 2.24) is 20.1 Å². The van der Waals surface area contributed by atoms with Crippen LogP contribution in [0, 0.1) is 0 Å². The van der Waals surface area contributed by atoms with Crippen molar-refractivity contribution < 1.29 is 9.90 Å². The lowest BCUT2D eigenvalue weighted by atomic mass is 10.0. The van der Waals surface area contributed by atoms with Crippen molar-refractivity contribution in [3.05, 3.63) is 30.1 Å². The summed E-state index contributed by atoms with van der Waals surface area (Å²) in [6.07, 6.45) is 4.49. The molecule has 6 heteroatoms. The fraction of sp³-hybridized carbons (Fsp3) is 0.647. The SMILES string of the molecule is CN1[C@@H](CCCO)CNC(=O)[C@@H]2[C@@H]1CCN2Cc1ccccn1. The van der Waals surface area contributed by atoms with Gasteiger partial charge in [-0.05, 0) is 38.4 Å². The summed E-state index contributed by atoms with van der Waals surface area (Å²) < 4.78 is 0. The number of carbonyl (C=O) groups excluding carboxylic acids is 1. The Kier molecular flexibility index (Phi) is 5.25. The second-order valence-corrected chi connectivity index (χ2v) is 6.52. The highest BCUT2D eigenvalue weighted by Gasteiger charge is 2.44. The Hall–Kier alpha value is -1.50. The maximum Gasteiger partial charge on any atom is 0.239 e. The number of pyridine rings is 1. The molecule has 1 aromatic heterocycles. The Morgan fingerprint density at radius 2 is 2.30 bits per heavy atom. The fourth-order valence-electron chi connectivity index (χ4n) is 3.85. The first-order valence-electron chi connectivity index (χ1n) is 8.45. The van der Waals surface area contributed by atoms with Crippen LogP contribution in [0.2, 0.25) is 0 Å². The average Bonchev–Trinajstić information content (AvgIpc) is 2.93. The molecule has 2 saturated heterocycles. The van der Waals surface area contributed by atoms with Gasteiger partial charge in [-0.1, -0.05) is 6.07 Å². The number of nitrogens with zero attached hydrogens (tertiary/aromatic N) is 3. The van der Waals surface area contributed by atoms with Crippen LogP contribution in [-0.2, 0) is 11.3 Å². The highest BCUT2D eigenvalue weighted by Crippen LogP contribution is 2.28. The first-order chi connectivity index (χ1) is 11.2. The summed E-state index contributed by atoms with van der Waals surface area (Å²) >= 11 is 0. The van der Waals surface area contributed by atoms with E-state index in [2.05, 4.69) is 27.1 Å². The minimum absolute atomic E-state index is 0.110. The lowest BCUT2D eigenvalue weighted by Crippen LogP contribution is -2.49. The number of amides is 1. The monoisotopic (exact) mass is 318 g/mol. The molecule has 2 fully saturated rings. The van der Waals surface area contributed by atoms with E-state index in [1.807, 2.05) is 18.2 Å². The molecule has 2 aliphatic rings. The quantitative estimate of drug-likeness (QED) is 0.813. The molecule has 0 bridgehead atoms. The average molecular weight is 318 g/mol. The van der Waals surface area contributed by atoms with E-state index in [9.17, 15) is 4.79 Å². The van der Waals surface area contributed by atoms with Crippen molar-refractivity contribution in [2.24, 2.45) is 0 Å². The fourth-order valence-corrected chi connectivity index (χ4v) is 3.85. The van der Waals surface area contributed by atoms with E-state index in [-0.39, 0.29) is 24.6 Å². The summed E-state index contributed by atoms with van der Waals surface area (Å²) in [5.41, 5.74) is 1.00. The standard InChI is InChI=1S/C17H26N4O2/c1-20-14(6-4-10-22)11-19-17(23)16-15(20)7-9-21(16)12-13-5-2-3-8-18-13/h2-3,5,8,14-16,22H,4,6-7,9-12H2,1H3,(H,19,23)/t14-,15-,16-/m0/s1. The highest BCUT2D eigenvalue weighted by atomic mass is 16.3. The van der Waals surface area contributed by atoms with Crippen LogP contribution in [-0.4, -0.2) is 70.7 Å². The zero-order valence-electron chi connectivity index (χ0n) is 13.7. The second kappa shape index (κ2) is 7.38. The molecule has 3 rings (SSSR count). The van der Waals surface area contributed by atoms with Crippen LogP contribution in [0.15, 0.2) is 24.4 Å². The molecule has 2 N–H and O–H groups in total. The molecule has 0 aromatic carbocycles. The number of hydrogen-bond acceptors (Lipinski definition) is 5. The lowest BCUT2D eigenvalue weighted by molar-refractivity contribution is -0.126. The molecule has 126 valence electrons. The molecule has 3 heterocycles. The molecule has 0 aliphatic carbocycles. The summed E-state index contributed by atoms with van der Waals surface area (Å²) in [5, 5.41) is 12.2. The van der Waals surface area contributed by atoms with Gasteiger partial charge in [0.1, 0.15) is 6.04 Å². The molecule has 1 aromatic rings. The largest absolute Gasteiger partial charge is 0.396 e. The molecule has 23 heavy (non-hydrogen) atoms. The third-order valence-electron chi connectivity index (χ3n) is 5.14. The Balaban J connectivity index is 1.72. The minimum atomic E-state index is -0.110. The van der Waals surface area contributed by atoms with Crippen molar-refractivity contribution in [2.75, 3.05) is 26.7 Å². The molecular formula is C17H26N4O2. The maximum absolute atomic E-state index is 12.6. The first-order valence-corrected chi connectivity index (χ1v) is 8.45. The van der Waals surface area contributed by atoms with Crippen molar-refractivity contribution in [3.8, 4) is 0 Å². The molecule has 1 amide bonds. The van der Waals surface area contributed by atoms with Crippen LogP contribution in [0.1, 0.15) is 25.0 Å². The first kappa shape index (κ1) is 16.4. The Morgan fingerprint density at radius 1 is 1.43 bits per heavy atom. The summed E-state index contributed by atoms with van der Waals surface area (Å²) in [4.78, 5) is 21.6. The smallest absolute Gasteiger partial charge is 0.239 e. The van der Waals surface area contributed by atoms with E-state index in [4.69, 9.17) is 5.11 Å². The summed E-state index contributed by atoms with van der Waals surface area (Å²) in [5.74, 6) is 0.127.